The van der Waals surface area contributed by atoms with Crippen molar-refractivity contribution in [1.29, 1.82) is 0 Å². The van der Waals surface area contributed by atoms with Gasteiger partial charge in [-0.05, 0) is 68.1 Å². The lowest BCUT2D eigenvalue weighted by atomic mass is 9.77. The molecule has 1 heterocycles. The van der Waals surface area contributed by atoms with Gasteiger partial charge in [0.2, 0.25) is 11.8 Å². The summed E-state index contributed by atoms with van der Waals surface area (Å²) in [7, 11) is 0. The van der Waals surface area contributed by atoms with Crippen LogP contribution in [0.5, 0.6) is 0 Å². The Labute approximate surface area is 191 Å². The van der Waals surface area contributed by atoms with Gasteiger partial charge in [0.15, 0.2) is 0 Å². The van der Waals surface area contributed by atoms with Crippen LogP contribution in [0.1, 0.15) is 51.5 Å². The van der Waals surface area contributed by atoms with Gasteiger partial charge in [-0.15, -0.1) is 0 Å². The van der Waals surface area contributed by atoms with Crippen LogP contribution in [-0.2, 0) is 16.0 Å². The Morgan fingerprint density at radius 2 is 1.75 bits per heavy atom. The molecular weight excluding hydrogens is 396 g/mol. The number of amides is 2. The quantitative estimate of drug-likeness (QED) is 0.714. The fourth-order valence-electron chi connectivity index (χ4n) is 5.92. The summed E-state index contributed by atoms with van der Waals surface area (Å²) in [5.41, 5.74) is 3.26. The van der Waals surface area contributed by atoms with E-state index in [0.29, 0.717) is 30.8 Å². The summed E-state index contributed by atoms with van der Waals surface area (Å²) in [6.45, 7) is 5.22. The largest absolute Gasteiger partial charge is 0.353 e. The summed E-state index contributed by atoms with van der Waals surface area (Å²) in [4.78, 5) is 28.8. The first-order chi connectivity index (χ1) is 15.4. The van der Waals surface area contributed by atoms with Crippen molar-refractivity contribution in [3.8, 4) is 11.1 Å². The first-order valence-corrected chi connectivity index (χ1v) is 12.2. The maximum atomic E-state index is 13.5. The summed E-state index contributed by atoms with van der Waals surface area (Å²) in [5, 5.41) is 3.17. The summed E-state index contributed by atoms with van der Waals surface area (Å²) in [6, 6.07) is 18.8. The van der Waals surface area contributed by atoms with E-state index in [1.165, 1.54) is 36.0 Å². The molecule has 2 amide bonds. The number of hydrogen-bond donors (Lipinski definition) is 1. The first kappa shape index (κ1) is 21.2. The van der Waals surface area contributed by atoms with Crippen molar-refractivity contribution in [2.75, 3.05) is 13.1 Å². The Morgan fingerprint density at radius 3 is 2.41 bits per heavy atom. The number of nitrogens with one attached hydrogen (secondary N) is 1. The highest BCUT2D eigenvalue weighted by Crippen LogP contribution is 2.66. The molecule has 0 bridgehead atoms. The maximum Gasteiger partial charge on any atom is 0.228 e. The third kappa shape index (κ3) is 3.74. The minimum absolute atomic E-state index is 0.0789. The lowest BCUT2D eigenvalue weighted by molar-refractivity contribution is -0.135. The van der Waals surface area contributed by atoms with E-state index >= 15 is 0 Å². The van der Waals surface area contributed by atoms with Crippen molar-refractivity contribution in [3.63, 3.8) is 0 Å². The van der Waals surface area contributed by atoms with Crippen LogP contribution in [0.2, 0.25) is 0 Å². The minimum Gasteiger partial charge on any atom is -0.353 e. The minimum atomic E-state index is -0.577. The van der Waals surface area contributed by atoms with E-state index in [0.717, 1.165) is 12.8 Å². The topological polar surface area (TPSA) is 49.4 Å². The molecule has 4 heteroatoms. The lowest BCUT2D eigenvalue weighted by Crippen LogP contribution is -2.47. The molecule has 1 N–H and O–H groups in total. The van der Waals surface area contributed by atoms with E-state index in [-0.39, 0.29) is 17.9 Å². The molecule has 32 heavy (non-hydrogen) atoms. The molecule has 3 fully saturated rings. The number of carbonyl (C=O) groups excluding carboxylic acids is 2. The normalized spacial score (nSPS) is 25.6. The molecular formula is C28H34N2O2. The van der Waals surface area contributed by atoms with E-state index in [1.807, 2.05) is 24.8 Å². The molecule has 5 rings (SSSR count). The number of rotatable bonds is 6. The molecule has 2 aromatic carbocycles. The molecule has 2 atom stereocenters. The van der Waals surface area contributed by atoms with Gasteiger partial charge in [0, 0.05) is 25.0 Å². The van der Waals surface area contributed by atoms with Crippen LogP contribution < -0.4 is 5.32 Å². The van der Waals surface area contributed by atoms with Crippen molar-refractivity contribution < 1.29 is 9.59 Å². The average molecular weight is 431 g/mol. The van der Waals surface area contributed by atoms with E-state index in [1.54, 1.807) is 0 Å². The molecule has 0 aromatic heterocycles. The van der Waals surface area contributed by atoms with Gasteiger partial charge in [-0.1, -0.05) is 61.0 Å². The van der Waals surface area contributed by atoms with E-state index in [4.69, 9.17) is 0 Å². The third-order valence-corrected chi connectivity index (χ3v) is 8.04. The third-order valence-electron chi connectivity index (χ3n) is 8.04. The summed E-state index contributed by atoms with van der Waals surface area (Å²) in [5.74, 6) is 0.580. The SMILES string of the molecule is CC(C)NC(=O)[C@]1(Cc2ccccc2-c2ccccc2)CCN(C(=O)[C@@H]2CC23CCC3)C1. The van der Waals surface area contributed by atoms with Crippen LogP contribution in [0.15, 0.2) is 54.6 Å². The van der Waals surface area contributed by atoms with Gasteiger partial charge < -0.3 is 10.2 Å². The fourth-order valence-corrected chi connectivity index (χ4v) is 5.92. The van der Waals surface area contributed by atoms with Gasteiger partial charge in [0.25, 0.3) is 0 Å². The lowest BCUT2D eigenvalue weighted by Gasteiger charge is -2.31. The first-order valence-electron chi connectivity index (χ1n) is 12.2. The van der Waals surface area contributed by atoms with Crippen LogP contribution in [0.4, 0.5) is 0 Å². The standard InChI is InChI=1S/C28H34N2O2/c1-20(2)29-26(32)28(15-16-30(19-28)25(31)24-18-27(24)13-8-14-27)17-22-11-6-7-12-23(22)21-9-4-3-5-10-21/h3-7,9-12,20,24H,8,13-19H2,1-2H3,(H,29,32)/t24-,28-/m0/s1. The van der Waals surface area contributed by atoms with Crippen molar-refractivity contribution in [2.45, 2.75) is 58.4 Å². The number of benzene rings is 2. The highest BCUT2D eigenvalue weighted by Gasteiger charge is 2.62. The summed E-state index contributed by atoms with van der Waals surface area (Å²) < 4.78 is 0. The number of likely N-dealkylation sites (tertiary alicyclic amines) is 1. The van der Waals surface area contributed by atoms with Gasteiger partial charge in [-0.2, -0.15) is 0 Å². The molecule has 1 aliphatic heterocycles. The molecule has 2 saturated carbocycles. The fraction of sp³-hybridized carbons (Fsp3) is 0.500. The molecule has 168 valence electrons. The Morgan fingerprint density at radius 1 is 1.03 bits per heavy atom. The van der Waals surface area contributed by atoms with Crippen LogP contribution in [0.25, 0.3) is 11.1 Å². The predicted octanol–water partition coefficient (Wildman–Crippen LogP) is 4.83. The molecule has 3 aliphatic rings. The van der Waals surface area contributed by atoms with Crippen LogP contribution in [0.3, 0.4) is 0 Å². The van der Waals surface area contributed by atoms with Crippen LogP contribution in [-0.4, -0.2) is 35.8 Å². The molecule has 1 saturated heterocycles. The highest BCUT2D eigenvalue weighted by atomic mass is 16.2. The smallest absolute Gasteiger partial charge is 0.228 e. The Bertz CT molecular complexity index is 1010. The van der Waals surface area contributed by atoms with Crippen molar-refractivity contribution in [1.82, 2.24) is 10.2 Å². The predicted molar refractivity (Wildman–Crippen MR) is 127 cm³/mol. The monoisotopic (exact) mass is 430 g/mol. The van der Waals surface area contributed by atoms with Gasteiger partial charge in [0.05, 0.1) is 5.41 Å². The van der Waals surface area contributed by atoms with Crippen molar-refractivity contribution in [3.05, 3.63) is 60.2 Å². The Balaban J connectivity index is 1.42. The van der Waals surface area contributed by atoms with Gasteiger partial charge in [-0.25, -0.2) is 0 Å². The van der Waals surface area contributed by atoms with Crippen molar-refractivity contribution >= 4 is 11.8 Å². The molecule has 1 spiro atoms. The second-order valence-corrected chi connectivity index (χ2v) is 10.6. The summed E-state index contributed by atoms with van der Waals surface area (Å²) >= 11 is 0. The van der Waals surface area contributed by atoms with Crippen LogP contribution in [0, 0.1) is 16.7 Å². The zero-order valence-corrected chi connectivity index (χ0v) is 19.3. The Kier molecular flexibility index (Phi) is 5.35. The highest BCUT2D eigenvalue weighted by molar-refractivity contribution is 5.88. The Hall–Kier alpha value is -2.62. The number of hydrogen-bond acceptors (Lipinski definition) is 2. The zero-order chi connectivity index (χ0) is 22.3. The molecule has 0 radical (unpaired) electrons. The second-order valence-electron chi connectivity index (χ2n) is 10.6. The van der Waals surface area contributed by atoms with E-state index < -0.39 is 5.41 Å². The number of carbonyl (C=O) groups is 2. The van der Waals surface area contributed by atoms with Crippen LogP contribution >= 0.6 is 0 Å². The number of nitrogens with zero attached hydrogens (tertiary/aromatic N) is 1. The van der Waals surface area contributed by atoms with Crippen molar-refractivity contribution in [2.24, 2.45) is 16.7 Å². The summed E-state index contributed by atoms with van der Waals surface area (Å²) in [6.07, 6.45) is 6.11. The molecule has 2 aliphatic carbocycles. The van der Waals surface area contributed by atoms with Gasteiger partial charge in [-0.3, -0.25) is 9.59 Å². The van der Waals surface area contributed by atoms with Gasteiger partial charge in [0.1, 0.15) is 0 Å². The second kappa shape index (κ2) is 8.06. The van der Waals surface area contributed by atoms with E-state index in [2.05, 4.69) is 53.8 Å². The molecule has 2 aromatic rings. The maximum absolute atomic E-state index is 13.5. The zero-order valence-electron chi connectivity index (χ0n) is 19.3. The van der Waals surface area contributed by atoms with E-state index in [9.17, 15) is 9.59 Å². The molecule has 4 nitrogen and oxygen atoms in total. The van der Waals surface area contributed by atoms with Gasteiger partial charge >= 0.3 is 0 Å². The molecule has 0 unspecified atom stereocenters. The average Bonchev–Trinajstić information content (AvgIpc) is 3.40.